The van der Waals surface area contributed by atoms with Gasteiger partial charge in [0.1, 0.15) is 0 Å². The maximum absolute atomic E-state index is 6.15. The van der Waals surface area contributed by atoms with Crippen LogP contribution < -0.4 is 5.73 Å². The van der Waals surface area contributed by atoms with E-state index >= 15 is 0 Å². The topological polar surface area (TPSA) is 43.8 Å². The van der Waals surface area contributed by atoms with E-state index in [0.717, 1.165) is 12.1 Å². The Hall–Kier alpha value is -0.480. The molecule has 0 radical (unpaired) electrons. The van der Waals surface area contributed by atoms with Gasteiger partial charge in [-0.25, -0.2) is 0 Å². The van der Waals surface area contributed by atoms with Crippen molar-refractivity contribution < 1.29 is 0 Å². The molecule has 2 unspecified atom stereocenters. The quantitative estimate of drug-likeness (QED) is 0.816. The number of nitrogens with two attached hydrogens (primary N) is 1. The first-order valence-corrected chi connectivity index (χ1v) is 6.16. The van der Waals surface area contributed by atoms with Crippen LogP contribution in [0.4, 0.5) is 0 Å². The largest absolute Gasteiger partial charge is 0.326 e. The number of aromatic nitrogens is 2. The summed E-state index contributed by atoms with van der Waals surface area (Å²) in [4.78, 5) is 0. The molecule has 2 heterocycles. The van der Waals surface area contributed by atoms with Gasteiger partial charge in [0.25, 0.3) is 0 Å². The molecule has 78 valence electrons. The first-order chi connectivity index (χ1) is 6.75. The van der Waals surface area contributed by atoms with Crippen molar-refractivity contribution in [1.29, 1.82) is 0 Å². The van der Waals surface area contributed by atoms with Gasteiger partial charge in [-0.3, -0.25) is 4.68 Å². The molecule has 0 bridgehead atoms. The Kier molecular flexibility index (Phi) is 3.13. The summed E-state index contributed by atoms with van der Waals surface area (Å²) >= 11 is 2.02. The standard InChI is InChI=1S/C10H17N3S/c1-13-5-4-8(12-13)7-9(11)10-3-2-6-14-10/h4-5,9-10H,2-3,6-7,11H2,1H3. The maximum atomic E-state index is 6.15. The molecule has 1 aliphatic rings. The molecule has 0 aliphatic carbocycles. The summed E-state index contributed by atoms with van der Waals surface area (Å²) in [5.74, 6) is 1.28. The minimum atomic E-state index is 0.275. The molecule has 0 aromatic carbocycles. The van der Waals surface area contributed by atoms with Gasteiger partial charge in [-0.15, -0.1) is 0 Å². The Bertz CT molecular complexity index is 291. The fraction of sp³-hybridized carbons (Fsp3) is 0.700. The monoisotopic (exact) mass is 211 g/mol. The Balaban J connectivity index is 1.90. The van der Waals surface area contributed by atoms with E-state index in [9.17, 15) is 0 Å². The van der Waals surface area contributed by atoms with Crippen molar-refractivity contribution in [3.05, 3.63) is 18.0 Å². The molecule has 2 rings (SSSR count). The summed E-state index contributed by atoms with van der Waals surface area (Å²) in [5, 5.41) is 5.00. The Labute approximate surface area is 89.1 Å². The second-order valence-electron chi connectivity index (χ2n) is 3.90. The molecule has 0 amide bonds. The van der Waals surface area contributed by atoms with Crippen molar-refractivity contribution in [2.45, 2.75) is 30.6 Å². The van der Waals surface area contributed by atoms with E-state index < -0.39 is 0 Å². The van der Waals surface area contributed by atoms with Gasteiger partial charge in [-0.05, 0) is 24.7 Å². The van der Waals surface area contributed by atoms with Gasteiger partial charge in [0.2, 0.25) is 0 Å². The van der Waals surface area contributed by atoms with Crippen LogP contribution in [0.15, 0.2) is 12.3 Å². The van der Waals surface area contributed by atoms with Crippen molar-refractivity contribution in [1.82, 2.24) is 9.78 Å². The van der Waals surface area contributed by atoms with E-state index in [1.165, 1.54) is 18.6 Å². The lowest BCUT2D eigenvalue weighted by molar-refractivity contribution is 0.595. The van der Waals surface area contributed by atoms with Gasteiger partial charge >= 0.3 is 0 Å². The number of hydrogen-bond acceptors (Lipinski definition) is 3. The summed E-state index contributed by atoms with van der Waals surface area (Å²) in [6.45, 7) is 0. The zero-order valence-corrected chi connectivity index (χ0v) is 9.33. The molecule has 4 heteroatoms. The predicted molar refractivity (Wildman–Crippen MR) is 60.4 cm³/mol. The fourth-order valence-corrected chi connectivity index (χ4v) is 3.20. The number of hydrogen-bond donors (Lipinski definition) is 1. The molecule has 0 spiro atoms. The van der Waals surface area contributed by atoms with E-state index in [0.29, 0.717) is 5.25 Å². The van der Waals surface area contributed by atoms with Crippen LogP contribution in [0.1, 0.15) is 18.5 Å². The second-order valence-corrected chi connectivity index (χ2v) is 5.25. The highest BCUT2D eigenvalue weighted by Crippen LogP contribution is 2.28. The molecule has 2 atom stereocenters. The van der Waals surface area contributed by atoms with Crippen molar-refractivity contribution in [2.24, 2.45) is 12.8 Å². The minimum absolute atomic E-state index is 0.275. The van der Waals surface area contributed by atoms with Crippen molar-refractivity contribution in [3.63, 3.8) is 0 Å². The van der Waals surface area contributed by atoms with E-state index in [1.54, 1.807) is 0 Å². The summed E-state index contributed by atoms with van der Waals surface area (Å²) in [5.41, 5.74) is 7.27. The van der Waals surface area contributed by atoms with Crippen LogP contribution in [0.2, 0.25) is 0 Å². The third kappa shape index (κ3) is 2.30. The van der Waals surface area contributed by atoms with Crippen LogP contribution in [-0.2, 0) is 13.5 Å². The average molecular weight is 211 g/mol. The maximum Gasteiger partial charge on any atom is 0.0640 e. The average Bonchev–Trinajstić information content (AvgIpc) is 2.75. The normalized spacial score (nSPS) is 24.0. The van der Waals surface area contributed by atoms with E-state index in [1.807, 2.05) is 29.7 Å². The zero-order chi connectivity index (χ0) is 9.97. The molecule has 3 nitrogen and oxygen atoms in total. The number of nitrogens with zero attached hydrogens (tertiary/aromatic N) is 2. The molecular weight excluding hydrogens is 194 g/mol. The third-order valence-electron chi connectivity index (χ3n) is 2.66. The van der Waals surface area contributed by atoms with Gasteiger partial charge in [0.05, 0.1) is 5.69 Å². The Morgan fingerprint density at radius 3 is 3.21 bits per heavy atom. The van der Waals surface area contributed by atoms with E-state index in [2.05, 4.69) is 11.2 Å². The van der Waals surface area contributed by atoms with Crippen molar-refractivity contribution in [2.75, 3.05) is 5.75 Å². The first-order valence-electron chi connectivity index (χ1n) is 5.11. The molecule has 0 saturated carbocycles. The Morgan fingerprint density at radius 1 is 1.79 bits per heavy atom. The van der Waals surface area contributed by atoms with Gasteiger partial charge in [0.15, 0.2) is 0 Å². The van der Waals surface area contributed by atoms with Crippen molar-refractivity contribution in [3.8, 4) is 0 Å². The minimum Gasteiger partial charge on any atom is -0.326 e. The van der Waals surface area contributed by atoms with Gasteiger partial charge in [-0.1, -0.05) is 0 Å². The van der Waals surface area contributed by atoms with Crippen LogP contribution >= 0.6 is 11.8 Å². The van der Waals surface area contributed by atoms with Crippen LogP contribution in [-0.4, -0.2) is 26.8 Å². The highest BCUT2D eigenvalue weighted by atomic mass is 32.2. The highest BCUT2D eigenvalue weighted by molar-refractivity contribution is 8.00. The molecule has 1 saturated heterocycles. The lowest BCUT2D eigenvalue weighted by Gasteiger charge is -2.16. The van der Waals surface area contributed by atoms with Gasteiger partial charge in [-0.2, -0.15) is 16.9 Å². The molecule has 1 fully saturated rings. The van der Waals surface area contributed by atoms with Crippen LogP contribution in [0.3, 0.4) is 0 Å². The fourth-order valence-electron chi connectivity index (χ4n) is 1.89. The molecule has 1 aliphatic heterocycles. The van der Waals surface area contributed by atoms with E-state index in [-0.39, 0.29) is 6.04 Å². The number of rotatable bonds is 3. The number of thioether (sulfide) groups is 1. The molecule has 1 aromatic heterocycles. The molecule has 2 N–H and O–H groups in total. The molecular formula is C10H17N3S. The van der Waals surface area contributed by atoms with Crippen molar-refractivity contribution >= 4 is 11.8 Å². The lowest BCUT2D eigenvalue weighted by Crippen LogP contribution is -2.33. The van der Waals surface area contributed by atoms with Crippen LogP contribution in [0.25, 0.3) is 0 Å². The second kappa shape index (κ2) is 4.36. The van der Waals surface area contributed by atoms with E-state index in [4.69, 9.17) is 5.73 Å². The lowest BCUT2D eigenvalue weighted by atomic mass is 10.1. The Morgan fingerprint density at radius 2 is 2.64 bits per heavy atom. The zero-order valence-electron chi connectivity index (χ0n) is 8.52. The predicted octanol–water partition coefficient (Wildman–Crippen LogP) is 1.19. The van der Waals surface area contributed by atoms with Gasteiger partial charge < -0.3 is 5.73 Å². The SMILES string of the molecule is Cn1ccc(CC(N)C2CCCS2)n1. The highest BCUT2D eigenvalue weighted by Gasteiger charge is 2.23. The van der Waals surface area contributed by atoms with Gasteiger partial charge in [0, 0.05) is 31.0 Å². The summed E-state index contributed by atoms with van der Waals surface area (Å²) in [7, 11) is 1.94. The summed E-state index contributed by atoms with van der Waals surface area (Å²) < 4.78 is 1.84. The number of aryl methyl sites for hydroxylation is 1. The summed E-state index contributed by atoms with van der Waals surface area (Å²) in [6.07, 6.45) is 5.49. The molecule has 14 heavy (non-hydrogen) atoms. The molecule has 1 aromatic rings. The van der Waals surface area contributed by atoms with Crippen LogP contribution in [0.5, 0.6) is 0 Å². The third-order valence-corrected chi connectivity index (χ3v) is 4.19. The smallest absolute Gasteiger partial charge is 0.0640 e. The van der Waals surface area contributed by atoms with Crippen LogP contribution in [0, 0.1) is 0 Å². The first kappa shape index (κ1) is 10.1. The summed E-state index contributed by atoms with van der Waals surface area (Å²) in [6, 6.07) is 2.33.